The molecule has 2 rings (SSSR count). The Bertz CT molecular complexity index is 420. The van der Waals surface area contributed by atoms with Crippen LogP contribution in [0, 0.1) is 0 Å². The van der Waals surface area contributed by atoms with Gasteiger partial charge in [0, 0.05) is 12.6 Å². The van der Waals surface area contributed by atoms with E-state index in [0.29, 0.717) is 0 Å². The normalized spacial score (nSPS) is 10.4. The average Bonchev–Trinajstić information content (AvgIpc) is 2.61. The van der Waals surface area contributed by atoms with Gasteiger partial charge in [-0.1, -0.05) is 30.3 Å². The van der Waals surface area contributed by atoms with Crippen molar-refractivity contribution in [2.45, 2.75) is 6.61 Å². The van der Waals surface area contributed by atoms with Crippen LogP contribution in [-0.2, 0) is 13.7 Å². The van der Waals surface area contributed by atoms with E-state index in [1.807, 2.05) is 37.4 Å². The molecule has 1 aromatic carbocycles. The van der Waals surface area contributed by atoms with Crippen molar-refractivity contribution in [2.24, 2.45) is 7.05 Å². The lowest BCUT2D eigenvalue weighted by atomic mass is 10.1. The molecule has 0 fully saturated rings. The summed E-state index contributed by atoms with van der Waals surface area (Å²) in [6.45, 7) is 0.0146. The summed E-state index contributed by atoms with van der Waals surface area (Å²) < 4.78 is 1.70. The summed E-state index contributed by atoms with van der Waals surface area (Å²) in [4.78, 5) is 0. The van der Waals surface area contributed by atoms with Crippen LogP contribution in [0.15, 0.2) is 36.5 Å². The van der Waals surface area contributed by atoms with Crippen molar-refractivity contribution in [3.8, 4) is 11.1 Å². The molecule has 0 aliphatic rings. The lowest BCUT2D eigenvalue weighted by Crippen LogP contribution is -1.98. The Labute approximate surface area is 82.6 Å². The van der Waals surface area contributed by atoms with E-state index in [4.69, 9.17) is 0 Å². The summed E-state index contributed by atoms with van der Waals surface area (Å²) in [5.41, 5.74) is 2.93. The van der Waals surface area contributed by atoms with Gasteiger partial charge in [0.1, 0.15) is 0 Å². The maximum Gasteiger partial charge on any atom is 0.0856 e. The average molecular weight is 188 g/mol. The number of nitrogens with zero attached hydrogens (tertiary/aromatic N) is 2. The molecular formula is C11H12N2O. The molecule has 3 heteroatoms. The number of hydrogen-bond acceptors (Lipinski definition) is 2. The molecule has 0 saturated heterocycles. The number of aromatic nitrogens is 2. The Hall–Kier alpha value is -1.61. The molecule has 0 saturated carbocycles. The van der Waals surface area contributed by atoms with Gasteiger partial charge in [0.25, 0.3) is 0 Å². The zero-order valence-electron chi connectivity index (χ0n) is 8.01. The molecule has 0 aliphatic carbocycles. The summed E-state index contributed by atoms with van der Waals surface area (Å²) in [5, 5.41) is 13.3. The zero-order valence-corrected chi connectivity index (χ0v) is 8.01. The molecule has 0 bridgehead atoms. The number of rotatable bonds is 2. The predicted octanol–water partition coefficient (Wildman–Crippen LogP) is 1.58. The third kappa shape index (κ3) is 1.42. The number of aliphatic hydroxyl groups is 1. The van der Waals surface area contributed by atoms with Gasteiger partial charge >= 0.3 is 0 Å². The van der Waals surface area contributed by atoms with E-state index in [2.05, 4.69) is 5.10 Å². The highest BCUT2D eigenvalue weighted by atomic mass is 16.3. The maximum atomic E-state index is 9.19. The number of aliphatic hydroxyl groups excluding tert-OH is 1. The van der Waals surface area contributed by atoms with Crippen LogP contribution in [-0.4, -0.2) is 14.9 Å². The van der Waals surface area contributed by atoms with Crippen LogP contribution >= 0.6 is 0 Å². The Kier molecular flexibility index (Phi) is 2.33. The SMILES string of the molecule is Cn1ncc(-c2ccccc2)c1CO. The molecule has 1 aromatic heterocycles. The van der Waals surface area contributed by atoms with Crippen molar-refractivity contribution in [1.29, 1.82) is 0 Å². The minimum Gasteiger partial charge on any atom is -0.390 e. The summed E-state index contributed by atoms with van der Waals surface area (Å²) in [6.07, 6.45) is 1.78. The monoisotopic (exact) mass is 188 g/mol. The van der Waals surface area contributed by atoms with E-state index in [1.165, 1.54) is 0 Å². The molecule has 0 amide bonds. The van der Waals surface area contributed by atoms with Gasteiger partial charge in [0.15, 0.2) is 0 Å². The molecule has 0 radical (unpaired) electrons. The summed E-state index contributed by atoms with van der Waals surface area (Å²) in [7, 11) is 1.83. The summed E-state index contributed by atoms with van der Waals surface area (Å²) in [6, 6.07) is 9.94. The highest BCUT2D eigenvalue weighted by Crippen LogP contribution is 2.22. The van der Waals surface area contributed by atoms with Crippen LogP contribution in [0.25, 0.3) is 11.1 Å². The molecule has 14 heavy (non-hydrogen) atoms. The summed E-state index contributed by atoms with van der Waals surface area (Å²) in [5.74, 6) is 0. The van der Waals surface area contributed by atoms with Crippen LogP contribution in [0.1, 0.15) is 5.69 Å². The van der Waals surface area contributed by atoms with Gasteiger partial charge < -0.3 is 5.11 Å². The number of benzene rings is 1. The van der Waals surface area contributed by atoms with Gasteiger partial charge in [-0.15, -0.1) is 0 Å². The highest BCUT2D eigenvalue weighted by Gasteiger charge is 2.08. The molecule has 1 N–H and O–H groups in total. The van der Waals surface area contributed by atoms with E-state index >= 15 is 0 Å². The third-order valence-corrected chi connectivity index (χ3v) is 2.30. The summed E-state index contributed by atoms with van der Waals surface area (Å²) >= 11 is 0. The third-order valence-electron chi connectivity index (χ3n) is 2.30. The zero-order chi connectivity index (χ0) is 9.97. The second kappa shape index (κ2) is 3.64. The van der Waals surface area contributed by atoms with Crippen LogP contribution in [0.2, 0.25) is 0 Å². The predicted molar refractivity (Wildman–Crippen MR) is 54.6 cm³/mol. The fourth-order valence-corrected chi connectivity index (χ4v) is 1.51. The van der Waals surface area contributed by atoms with Gasteiger partial charge in [-0.2, -0.15) is 5.10 Å². The first-order valence-electron chi connectivity index (χ1n) is 4.50. The van der Waals surface area contributed by atoms with Gasteiger partial charge in [-0.05, 0) is 5.56 Å². The molecule has 2 aromatic rings. The lowest BCUT2D eigenvalue weighted by Gasteiger charge is -2.02. The van der Waals surface area contributed by atoms with Gasteiger partial charge in [-0.3, -0.25) is 4.68 Å². The fourth-order valence-electron chi connectivity index (χ4n) is 1.51. The van der Waals surface area contributed by atoms with Gasteiger partial charge in [0.05, 0.1) is 18.5 Å². The minimum absolute atomic E-state index is 0.0146. The molecule has 0 atom stereocenters. The molecule has 1 heterocycles. The topological polar surface area (TPSA) is 38.0 Å². The molecular weight excluding hydrogens is 176 g/mol. The molecule has 0 spiro atoms. The molecule has 3 nitrogen and oxygen atoms in total. The molecule has 72 valence electrons. The van der Waals surface area contributed by atoms with Crippen molar-refractivity contribution in [3.63, 3.8) is 0 Å². The van der Waals surface area contributed by atoms with Crippen molar-refractivity contribution >= 4 is 0 Å². The van der Waals surface area contributed by atoms with E-state index in [1.54, 1.807) is 10.9 Å². The second-order valence-corrected chi connectivity index (χ2v) is 3.15. The molecule has 0 aliphatic heterocycles. The van der Waals surface area contributed by atoms with Crippen LogP contribution < -0.4 is 0 Å². The number of aryl methyl sites for hydroxylation is 1. The van der Waals surface area contributed by atoms with Gasteiger partial charge in [0.2, 0.25) is 0 Å². The van der Waals surface area contributed by atoms with Crippen molar-refractivity contribution < 1.29 is 5.11 Å². The Balaban J connectivity index is 2.52. The smallest absolute Gasteiger partial charge is 0.0856 e. The number of hydrogen-bond donors (Lipinski definition) is 1. The van der Waals surface area contributed by atoms with Crippen LogP contribution in [0.3, 0.4) is 0 Å². The largest absolute Gasteiger partial charge is 0.390 e. The lowest BCUT2D eigenvalue weighted by molar-refractivity contribution is 0.271. The Morgan fingerprint density at radius 3 is 2.64 bits per heavy atom. The Morgan fingerprint density at radius 1 is 1.29 bits per heavy atom. The standard InChI is InChI=1S/C11H12N2O/c1-13-11(8-14)10(7-12-13)9-5-3-2-4-6-9/h2-7,14H,8H2,1H3. The van der Waals surface area contributed by atoms with Crippen LogP contribution in [0.4, 0.5) is 0 Å². The first-order chi connectivity index (χ1) is 6.83. The first kappa shape index (κ1) is 8.97. The van der Waals surface area contributed by atoms with Crippen molar-refractivity contribution in [2.75, 3.05) is 0 Å². The minimum atomic E-state index is 0.0146. The molecule has 0 unspecified atom stereocenters. The van der Waals surface area contributed by atoms with Crippen molar-refractivity contribution in [1.82, 2.24) is 9.78 Å². The van der Waals surface area contributed by atoms with E-state index in [-0.39, 0.29) is 6.61 Å². The van der Waals surface area contributed by atoms with E-state index in [9.17, 15) is 5.11 Å². The van der Waals surface area contributed by atoms with Crippen molar-refractivity contribution in [3.05, 3.63) is 42.2 Å². The first-order valence-corrected chi connectivity index (χ1v) is 4.50. The van der Waals surface area contributed by atoms with E-state index in [0.717, 1.165) is 16.8 Å². The fraction of sp³-hybridized carbons (Fsp3) is 0.182. The highest BCUT2D eigenvalue weighted by molar-refractivity contribution is 5.64. The Morgan fingerprint density at radius 2 is 2.00 bits per heavy atom. The quantitative estimate of drug-likeness (QED) is 0.777. The van der Waals surface area contributed by atoms with Gasteiger partial charge in [-0.25, -0.2) is 0 Å². The van der Waals surface area contributed by atoms with Crippen LogP contribution in [0.5, 0.6) is 0 Å². The van der Waals surface area contributed by atoms with E-state index < -0.39 is 0 Å². The second-order valence-electron chi connectivity index (χ2n) is 3.15. The maximum absolute atomic E-state index is 9.19.